The van der Waals surface area contributed by atoms with Crippen LogP contribution in [0.4, 0.5) is 0 Å². The largest absolute Gasteiger partial charge is 0.475 e. The summed E-state index contributed by atoms with van der Waals surface area (Å²) in [6.45, 7) is 1.33. The van der Waals surface area contributed by atoms with E-state index < -0.39 is 0 Å². The summed E-state index contributed by atoms with van der Waals surface area (Å²) in [5.74, 6) is 0.681. The molecule has 7 rings (SSSR count). The van der Waals surface area contributed by atoms with E-state index in [0.717, 1.165) is 11.1 Å². The fraction of sp³-hybridized carbons (Fsp3) is 0.0625. The molecule has 0 amide bonds. The maximum absolute atomic E-state index is 5.73. The van der Waals surface area contributed by atoms with E-state index in [-0.39, 0.29) is 0 Å². The number of aromatic nitrogens is 1. The van der Waals surface area contributed by atoms with Gasteiger partial charge in [0.15, 0.2) is 0 Å². The third-order valence-corrected chi connectivity index (χ3v) is 6.83. The van der Waals surface area contributed by atoms with Crippen LogP contribution in [0.3, 0.4) is 0 Å². The first-order valence-electron chi connectivity index (χ1n) is 11.9. The zero-order chi connectivity index (χ0) is 23.2. The van der Waals surface area contributed by atoms with Crippen LogP contribution in [-0.4, -0.2) is 24.0 Å². The standard InChI is InChI=1S/C32H22N2O/c1-2-8-22-17-23(14-13-21(22)7-1)30-26-9-3-5-11-28(26)31(29-12-6-4-10-27(29)30)24-18-25(20-33-19-24)32-34-15-16-35-32/h1-14,17-20H,15-16H2. The van der Waals surface area contributed by atoms with E-state index in [2.05, 4.69) is 107 Å². The molecule has 35 heavy (non-hydrogen) atoms. The molecule has 0 N–H and O–H groups in total. The van der Waals surface area contributed by atoms with Crippen LogP contribution in [-0.2, 0) is 4.74 Å². The van der Waals surface area contributed by atoms with E-state index in [1.807, 2.05) is 12.4 Å². The smallest absolute Gasteiger partial charge is 0.217 e. The number of hydrogen-bond donors (Lipinski definition) is 0. The average Bonchev–Trinajstić information content (AvgIpc) is 3.47. The van der Waals surface area contributed by atoms with Crippen molar-refractivity contribution in [2.75, 3.05) is 13.2 Å². The van der Waals surface area contributed by atoms with Crippen molar-refractivity contribution in [3.8, 4) is 22.3 Å². The first kappa shape index (κ1) is 19.9. The SMILES string of the molecule is c1ccc2cc(-c3c4ccccc4c(-c4cncc(C5=NCCO5)c4)c4ccccc34)ccc2c1. The highest BCUT2D eigenvalue weighted by Crippen LogP contribution is 2.44. The number of pyridine rings is 1. The normalized spacial score (nSPS) is 13.3. The fourth-order valence-electron chi connectivity index (χ4n) is 5.30. The molecule has 0 aliphatic carbocycles. The number of hydrogen-bond acceptors (Lipinski definition) is 3. The fourth-order valence-corrected chi connectivity index (χ4v) is 5.30. The molecule has 5 aromatic carbocycles. The Hall–Kier alpha value is -4.50. The van der Waals surface area contributed by atoms with Gasteiger partial charge in [-0.1, -0.05) is 84.9 Å². The molecule has 0 saturated carbocycles. The van der Waals surface area contributed by atoms with Gasteiger partial charge in [0.25, 0.3) is 0 Å². The highest BCUT2D eigenvalue weighted by molar-refractivity contribution is 6.21. The minimum absolute atomic E-state index is 0.631. The van der Waals surface area contributed by atoms with Crippen LogP contribution < -0.4 is 0 Å². The molecule has 0 saturated heterocycles. The second kappa shape index (κ2) is 8.07. The molecular weight excluding hydrogens is 428 g/mol. The summed E-state index contributed by atoms with van der Waals surface area (Å²) in [4.78, 5) is 9.07. The molecule has 1 aliphatic rings. The lowest BCUT2D eigenvalue weighted by molar-refractivity contribution is 0.348. The minimum atomic E-state index is 0.631. The van der Waals surface area contributed by atoms with E-state index in [4.69, 9.17) is 4.74 Å². The molecule has 0 spiro atoms. The van der Waals surface area contributed by atoms with E-state index in [1.165, 1.54) is 49.0 Å². The van der Waals surface area contributed by atoms with E-state index >= 15 is 0 Å². The molecule has 0 unspecified atom stereocenters. The number of nitrogens with zero attached hydrogens (tertiary/aromatic N) is 2. The van der Waals surface area contributed by atoms with Crippen molar-refractivity contribution >= 4 is 38.2 Å². The molecule has 0 bridgehead atoms. The van der Waals surface area contributed by atoms with Gasteiger partial charge in [0.1, 0.15) is 6.61 Å². The van der Waals surface area contributed by atoms with Crippen molar-refractivity contribution in [1.82, 2.24) is 4.98 Å². The molecule has 3 nitrogen and oxygen atoms in total. The lowest BCUT2D eigenvalue weighted by Crippen LogP contribution is -2.02. The minimum Gasteiger partial charge on any atom is -0.475 e. The van der Waals surface area contributed by atoms with Crippen LogP contribution in [0.25, 0.3) is 54.6 Å². The number of ether oxygens (including phenoxy) is 1. The summed E-state index contributed by atoms with van der Waals surface area (Å²) in [6.07, 6.45) is 3.78. The van der Waals surface area contributed by atoms with E-state index in [9.17, 15) is 0 Å². The lowest BCUT2D eigenvalue weighted by atomic mass is 9.86. The Labute approximate surface area is 203 Å². The van der Waals surface area contributed by atoms with E-state index in [1.54, 1.807) is 0 Å². The number of benzene rings is 5. The maximum Gasteiger partial charge on any atom is 0.217 e. The first-order chi connectivity index (χ1) is 17.4. The van der Waals surface area contributed by atoms with Crippen LogP contribution in [0, 0.1) is 0 Å². The van der Waals surface area contributed by atoms with Gasteiger partial charge in [-0.15, -0.1) is 0 Å². The van der Waals surface area contributed by atoms with Crippen molar-refractivity contribution in [2.24, 2.45) is 4.99 Å². The Kier molecular flexibility index (Phi) is 4.59. The predicted molar refractivity (Wildman–Crippen MR) is 145 cm³/mol. The third kappa shape index (κ3) is 3.28. The van der Waals surface area contributed by atoms with Gasteiger partial charge in [-0.05, 0) is 61.1 Å². The Morgan fingerprint density at radius 2 is 1.14 bits per heavy atom. The average molecular weight is 451 g/mol. The summed E-state index contributed by atoms with van der Waals surface area (Å²) in [5, 5.41) is 7.38. The molecule has 166 valence electrons. The van der Waals surface area contributed by atoms with Gasteiger partial charge in [0.05, 0.1) is 12.1 Å². The van der Waals surface area contributed by atoms with Crippen molar-refractivity contribution < 1.29 is 4.74 Å². The summed E-state index contributed by atoms with van der Waals surface area (Å²) in [5.41, 5.74) is 5.67. The lowest BCUT2D eigenvalue weighted by Gasteiger charge is -2.18. The van der Waals surface area contributed by atoms with Crippen LogP contribution in [0.1, 0.15) is 5.56 Å². The molecule has 0 radical (unpaired) electrons. The monoisotopic (exact) mass is 450 g/mol. The van der Waals surface area contributed by atoms with Gasteiger partial charge in [-0.2, -0.15) is 0 Å². The zero-order valence-electron chi connectivity index (χ0n) is 19.1. The Morgan fingerprint density at radius 1 is 0.543 bits per heavy atom. The van der Waals surface area contributed by atoms with E-state index in [0.29, 0.717) is 19.0 Å². The zero-order valence-corrected chi connectivity index (χ0v) is 19.1. The number of fused-ring (bicyclic) bond motifs is 3. The van der Waals surface area contributed by atoms with Gasteiger partial charge in [-0.3, -0.25) is 4.98 Å². The number of aliphatic imine (C=N–C) groups is 1. The highest BCUT2D eigenvalue weighted by Gasteiger charge is 2.18. The van der Waals surface area contributed by atoms with Gasteiger partial charge >= 0.3 is 0 Å². The Bertz CT molecular complexity index is 1730. The molecule has 0 atom stereocenters. The van der Waals surface area contributed by atoms with Gasteiger partial charge in [0, 0.05) is 18.0 Å². The van der Waals surface area contributed by atoms with Crippen LogP contribution in [0.5, 0.6) is 0 Å². The molecule has 2 heterocycles. The van der Waals surface area contributed by atoms with Gasteiger partial charge in [0.2, 0.25) is 5.90 Å². The molecule has 1 aliphatic heterocycles. The molecule has 0 fully saturated rings. The number of rotatable bonds is 3. The van der Waals surface area contributed by atoms with Crippen LogP contribution in [0.2, 0.25) is 0 Å². The summed E-state index contributed by atoms with van der Waals surface area (Å²) in [6, 6.07) is 34.9. The molecular formula is C32H22N2O. The van der Waals surface area contributed by atoms with Gasteiger partial charge in [-0.25, -0.2) is 4.99 Å². The molecule has 6 aromatic rings. The third-order valence-electron chi connectivity index (χ3n) is 6.83. The highest BCUT2D eigenvalue weighted by atomic mass is 16.5. The van der Waals surface area contributed by atoms with Crippen molar-refractivity contribution in [1.29, 1.82) is 0 Å². The van der Waals surface area contributed by atoms with Crippen molar-refractivity contribution in [3.63, 3.8) is 0 Å². The Balaban J connectivity index is 1.55. The topological polar surface area (TPSA) is 34.5 Å². The predicted octanol–water partition coefficient (Wildman–Crippen LogP) is 7.65. The Morgan fingerprint density at radius 3 is 1.80 bits per heavy atom. The van der Waals surface area contributed by atoms with Gasteiger partial charge < -0.3 is 4.74 Å². The maximum atomic E-state index is 5.73. The quantitative estimate of drug-likeness (QED) is 0.260. The van der Waals surface area contributed by atoms with Crippen LogP contribution in [0.15, 0.2) is 114 Å². The molecule has 1 aromatic heterocycles. The molecule has 3 heteroatoms. The summed E-state index contributed by atoms with van der Waals surface area (Å²) < 4.78 is 5.73. The van der Waals surface area contributed by atoms with Crippen LogP contribution >= 0.6 is 0 Å². The first-order valence-corrected chi connectivity index (χ1v) is 11.9. The summed E-state index contributed by atoms with van der Waals surface area (Å²) >= 11 is 0. The van der Waals surface area contributed by atoms with Crippen molar-refractivity contribution in [2.45, 2.75) is 0 Å². The van der Waals surface area contributed by atoms with Crippen molar-refractivity contribution in [3.05, 3.63) is 115 Å². The summed E-state index contributed by atoms with van der Waals surface area (Å²) in [7, 11) is 0. The second-order valence-electron chi connectivity index (χ2n) is 8.90. The second-order valence-corrected chi connectivity index (χ2v) is 8.90.